The third-order valence-electron chi connectivity index (χ3n) is 4.39. The Bertz CT molecular complexity index is 616. The SMILES string of the molecule is CSCc1ccc(C(=O)N2CCC(CCn3cccn3)CC2)o1. The van der Waals surface area contributed by atoms with Crippen LogP contribution in [0, 0.1) is 5.92 Å². The lowest BCUT2D eigenvalue weighted by Crippen LogP contribution is -2.38. The van der Waals surface area contributed by atoms with Gasteiger partial charge in [-0.05, 0) is 49.6 Å². The Morgan fingerprint density at radius 3 is 2.91 bits per heavy atom. The number of carbonyl (C=O) groups excluding carboxylic acids is 1. The fraction of sp³-hybridized carbons (Fsp3) is 0.529. The van der Waals surface area contributed by atoms with Crippen molar-refractivity contribution in [1.29, 1.82) is 0 Å². The molecule has 1 aliphatic heterocycles. The van der Waals surface area contributed by atoms with Gasteiger partial charge in [0.2, 0.25) is 0 Å². The molecule has 3 heterocycles. The Balaban J connectivity index is 1.46. The maximum atomic E-state index is 12.5. The largest absolute Gasteiger partial charge is 0.455 e. The number of hydrogen-bond donors (Lipinski definition) is 0. The van der Waals surface area contributed by atoms with Crippen LogP contribution in [0.3, 0.4) is 0 Å². The number of likely N-dealkylation sites (tertiary alicyclic amines) is 1. The van der Waals surface area contributed by atoms with Crippen molar-refractivity contribution in [2.75, 3.05) is 19.3 Å². The lowest BCUT2D eigenvalue weighted by Gasteiger charge is -2.31. The average Bonchev–Trinajstić information content (AvgIpc) is 3.25. The van der Waals surface area contributed by atoms with Gasteiger partial charge in [-0.25, -0.2) is 0 Å². The normalized spacial score (nSPS) is 16.0. The van der Waals surface area contributed by atoms with Gasteiger partial charge in [0.25, 0.3) is 5.91 Å². The Hall–Kier alpha value is -1.69. The molecule has 23 heavy (non-hydrogen) atoms. The second kappa shape index (κ2) is 7.73. The lowest BCUT2D eigenvalue weighted by molar-refractivity contribution is 0.0651. The molecule has 2 aromatic heterocycles. The van der Waals surface area contributed by atoms with E-state index >= 15 is 0 Å². The van der Waals surface area contributed by atoms with Crippen molar-refractivity contribution >= 4 is 17.7 Å². The number of piperidine rings is 1. The molecule has 124 valence electrons. The predicted octanol–water partition coefficient (Wildman–Crippen LogP) is 3.28. The van der Waals surface area contributed by atoms with Crippen molar-refractivity contribution in [2.45, 2.75) is 31.6 Å². The van der Waals surface area contributed by atoms with E-state index in [1.165, 1.54) is 0 Å². The van der Waals surface area contributed by atoms with Crippen LogP contribution in [0.2, 0.25) is 0 Å². The van der Waals surface area contributed by atoms with Gasteiger partial charge in [0.05, 0.1) is 5.75 Å². The van der Waals surface area contributed by atoms with E-state index in [0.29, 0.717) is 11.7 Å². The molecule has 0 atom stereocenters. The van der Waals surface area contributed by atoms with Gasteiger partial charge in [-0.1, -0.05) is 0 Å². The highest BCUT2D eigenvalue weighted by molar-refractivity contribution is 7.97. The highest BCUT2D eigenvalue weighted by Gasteiger charge is 2.25. The van der Waals surface area contributed by atoms with Crippen LogP contribution in [0.4, 0.5) is 0 Å². The summed E-state index contributed by atoms with van der Waals surface area (Å²) in [4.78, 5) is 14.4. The van der Waals surface area contributed by atoms with Gasteiger partial charge in [-0.3, -0.25) is 9.48 Å². The third-order valence-corrected chi connectivity index (χ3v) is 4.96. The molecule has 0 bridgehead atoms. The van der Waals surface area contributed by atoms with E-state index < -0.39 is 0 Å². The molecule has 0 aromatic carbocycles. The van der Waals surface area contributed by atoms with E-state index in [-0.39, 0.29) is 5.91 Å². The number of hydrogen-bond acceptors (Lipinski definition) is 4. The first-order chi connectivity index (χ1) is 11.3. The van der Waals surface area contributed by atoms with Gasteiger partial charge in [0, 0.05) is 32.0 Å². The Morgan fingerprint density at radius 1 is 1.39 bits per heavy atom. The molecule has 3 rings (SSSR count). The van der Waals surface area contributed by atoms with Gasteiger partial charge in [0.15, 0.2) is 5.76 Å². The molecule has 1 aliphatic rings. The van der Waals surface area contributed by atoms with Crippen molar-refractivity contribution in [2.24, 2.45) is 5.92 Å². The number of furan rings is 1. The standard InChI is InChI=1S/C17H23N3O2S/c1-23-13-15-3-4-16(22-15)17(21)19-10-5-14(6-11-19)7-12-20-9-2-8-18-20/h2-4,8-9,14H,5-7,10-13H2,1H3. The van der Waals surface area contributed by atoms with Crippen molar-refractivity contribution in [3.63, 3.8) is 0 Å². The van der Waals surface area contributed by atoms with E-state index in [1.54, 1.807) is 17.8 Å². The number of thioether (sulfide) groups is 1. The van der Waals surface area contributed by atoms with Crippen molar-refractivity contribution in [3.05, 3.63) is 42.1 Å². The summed E-state index contributed by atoms with van der Waals surface area (Å²) in [5.74, 6) is 2.86. The van der Waals surface area contributed by atoms with Crippen molar-refractivity contribution in [3.8, 4) is 0 Å². The number of amides is 1. The molecule has 0 spiro atoms. The molecule has 5 nitrogen and oxygen atoms in total. The van der Waals surface area contributed by atoms with Crippen LogP contribution in [0.5, 0.6) is 0 Å². The number of carbonyl (C=O) groups is 1. The zero-order valence-corrected chi connectivity index (χ0v) is 14.3. The Kier molecular flexibility index (Phi) is 5.43. The number of rotatable bonds is 6. The van der Waals surface area contributed by atoms with Gasteiger partial charge in [0.1, 0.15) is 5.76 Å². The quantitative estimate of drug-likeness (QED) is 0.814. The molecular formula is C17H23N3O2S. The van der Waals surface area contributed by atoms with Gasteiger partial charge < -0.3 is 9.32 Å². The summed E-state index contributed by atoms with van der Waals surface area (Å²) in [6.07, 6.45) is 9.09. The maximum Gasteiger partial charge on any atom is 0.289 e. The van der Waals surface area contributed by atoms with Crippen LogP contribution in [0.1, 0.15) is 35.6 Å². The molecule has 2 aromatic rings. The van der Waals surface area contributed by atoms with E-state index in [1.807, 2.05) is 40.4 Å². The van der Waals surface area contributed by atoms with Crippen LogP contribution >= 0.6 is 11.8 Å². The highest BCUT2D eigenvalue weighted by Crippen LogP contribution is 2.23. The molecule has 1 amide bonds. The summed E-state index contributed by atoms with van der Waals surface area (Å²) in [7, 11) is 0. The van der Waals surface area contributed by atoms with Crippen LogP contribution in [0.15, 0.2) is 35.0 Å². The second-order valence-corrected chi connectivity index (χ2v) is 6.86. The summed E-state index contributed by atoms with van der Waals surface area (Å²) in [5.41, 5.74) is 0. The molecule has 1 saturated heterocycles. The minimum atomic E-state index is 0.0304. The molecule has 1 fully saturated rings. The first kappa shape index (κ1) is 16.2. The summed E-state index contributed by atoms with van der Waals surface area (Å²) in [5, 5.41) is 4.24. The highest BCUT2D eigenvalue weighted by atomic mass is 32.2. The molecule has 0 N–H and O–H groups in total. The monoisotopic (exact) mass is 333 g/mol. The summed E-state index contributed by atoms with van der Waals surface area (Å²) in [6.45, 7) is 2.60. The van der Waals surface area contributed by atoms with E-state index in [0.717, 1.165) is 50.4 Å². The minimum absolute atomic E-state index is 0.0304. The third kappa shape index (κ3) is 4.19. The second-order valence-electron chi connectivity index (χ2n) is 5.99. The van der Waals surface area contributed by atoms with E-state index in [2.05, 4.69) is 5.10 Å². The molecule has 0 radical (unpaired) electrons. The van der Waals surface area contributed by atoms with Crippen LogP contribution in [-0.4, -0.2) is 39.9 Å². The summed E-state index contributed by atoms with van der Waals surface area (Å²) < 4.78 is 7.62. The Morgan fingerprint density at radius 2 is 2.22 bits per heavy atom. The number of nitrogens with zero attached hydrogens (tertiary/aromatic N) is 3. The smallest absolute Gasteiger partial charge is 0.289 e. The lowest BCUT2D eigenvalue weighted by atomic mass is 9.93. The van der Waals surface area contributed by atoms with Crippen molar-refractivity contribution in [1.82, 2.24) is 14.7 Å². The molecule has 0 aliphatic carbocycles. The number of aromatic nitrogens is 2. The fourth-order valence-electron chi connectivity index (χ4n) is 3.04. The Labute approximate surface area is 141 Å². The summed E-state index contributed by atoms with van der Waals surface area (Å²) in [6, 6.07) is 5.66. The molecule has 0 unspecified atom stereocenters. The minimum Gasteiger partial charge on any atom is -0.455 e. The maximum absolute atomic E-state index is 12.5. The first-order valence-electron chi connectivity index (χ1n) is 8.10. The van der Waals surface area contributed by atoms with Gasteiger partial charge >= 0.3 is 0 Å². The molecular weight excluding hydrogens is 310 g/mol. The average molecular weight is 333 g/mol. The topological polar surface area (TPSA) is 51.3 Å². The van der Waals surface area contributed by atoms with Gasteiger partial charge in [-0.2, -0.15) is 16.9 Å². The van der Waals surface area contributed by atoms with Crippen molar-refractivity contribution < 1.29 is 9.21 Å². The zero-order valence-electron chi connectivity index (χ0n) is 13.5. The summed E-state index contributed by atoms with van der Waals surface area (Å²) >= 11 is 1.69. The predicted molar refractivity (Wildman–Crippen MR) is 91.4 cm³/mol. The van der Waals surface area contributed by atoms with Crippen LogP contribution in [0.25, 0.3) is 0 Å². The number of aryl methyl sites for hydroxylation is 1. The van der Waals surface area contributed by atoms with E-state index in [4.69, 9.17) is 4.42 Å². The van der Waals surface area contributed by atoms with Crippen LogP contribution in [-0.2, 0) is 12.3 Å². The van der Waals surface area contributed by atoms with Gasteiger partial charge in [-0.15, -0.1) is 0 Å². The van der Waals surface area contributed by atoms with Crippen LogP contribution < -0.4 is 0 Å². The first-order valence-corrected chi connectivity index (χ1v) is 9.50. The zero-order chi connectivity index (χ0) is 16.1. The van der Waals surface area contributed by atoms with E-state index in [9.17, 15) is 4.79 Å². The fourth-order valence-corrected chi connectivity index (χ4v) is 3.48. The molecule has 6 heteroatoms. The molecule has 0 saturated carbocycles.